The van der Waals surface area contributed by atoms with Gasteiger partial charge in [0.15, 0.2) is 5.96 Å². The number of nitrogens with zero attached hydrogens (tertiary/aromatic N) is 4. The third kappa shape index (κ3) is 7.92. The number of hydrogen-bond acceptors (Lipinski definition) is 4. The van der Waals surface area contributed by atoms with Gasteiger partial charge in [-0.2, -0.15) is 0 Å². The van der Waals surface area contributed by atoms with Crippen LogP contribution >= 0.6 is 0 Å². The van der Waals surface area contributed by atoms with Gasteiger partial charge in [0, 0.05) is 58.9 Å². The van der Waals surface area contributed by atoms with Crippen LogP contribution in [0.25, 0.3) is 0 Å². The second-order valence-corrected chi connectivity index (χ2v) is 7.61. The molecule has 0 unspecified atom stereocenters. The number of likely N-dealkylation sites (N-methyl/N-ethyl adjacent to an activating group) is 1. The molecule has 25 heavy (non-hydrogen) atoms. The molecule has 2 N–H and O–H groups in total. The third-order valence-electron chi connectivity index (χ3n) is 5.48. The molecule has 2 saturated heterocycles. The van der Waals surface area contributed by atoms with Crippen LogP contribution in [0.2, 0.25) is 0 Å². The van der Waals surface area contributed by atoms with Crippen LogP contribution in [0, 0.1) is 0 Å². The number of guanidine groups is 1. The topological polar surface area (TPSA) is 46.1 Å². The van der Waals surface area contributed by atoms with Gasteiger partial charge in [0.05, 0.1) is 0 Å². The Hall–Kier alpha value is -0.850. The first-order valence-electron chi connectivity index (χ1n) is 10.3. The van der Waals surface area contributed by atoms with E-state index >= 15 is 0 Å². The van der Waals surface area contributed by atoms with Gasteiger partial charge < -0.3 is 25.3 Å². The molecule has 0 bridgehead atoms. The van der Waals surface area contributed by atoms with Crippen LogP contribution in [-0.2, 0) is 0 Å². The third-order valence-corrected chi connectivity index (χ3v) is 5.48. The number of piperidine rings is 1. The van der Waals surface area contributed by atoms with E-state index in [1.807, 2.05) is 7.05 Å². The SMILES string of the molecule is CCCN1CCC(NC(=NC)NCCCCN2CCN(C)CC2)CC1. The Labute approximate surface area is 155 Å². The summed E-state index contributed by atoms with van der Waals surface area (Å²) >= 11 is 0. The molecular weight excluding hydrogens is 312 g/mol. The smallest absolute Gasteiger partial charge is 0.191 e. The van der Waals surface area contributed by atoms with Crippen molar-refractivity contribution in [2.24, 2.45) is 4.99 Å². The van der Waals surface area contributed by atoms with Crippen molar-refractivity contribution >= 4 is 5.96 Å². The van der Waals surface area contributed by atoms with Crippen LogP contribution in [0.3, 0.4) is 0 Å². The monoisotopic (exact) mass is 352 g/mol. The maximum Gasteiger partial charge on any atom is 0.191 e. The minimum Gasteiger partial charge on any atom is -0.356 e. The molecule has 0 radical (unpaired) electrons. The maximum absolute atomic E-state index is 4.40. The van der Waals surface area contributed by atoms with Crippen molar-refractivity contribution in [1.29, 1.82) is 0 Å². The van der Waals surface area contributed by atoms with E-state index < -0.39 is 0 Å². The van der Waals surface area contributed by atoms with E-state index in [1.54, 1.807) is 0 Å². The maximum atomic E-state index is 4.40. The van der Waals surface area contributed by atoms with Crippen LogP contribution in [0.15, 0.2) is 4.99 Å². The quantitative estimate of drug-likeness (QED) is 0.388. The fourth-order valence-corrected chi connectivity index (χ4v) is 3.74. The first kappa shape index (κ1) is 20.5. The van der Waals surface area contributed by atoms with Crippen molar-refractivity contribution in [2.75, 3.05) is 73.0 Å². The number of rotatable bonds is 8. The highest BCUT2D eigenvalue weighted by Crippen LogP contribution is 2.10. The molecule has 0 aromatic carbocycles. The molecule has 6 nitrogen and oxygen atoms in total. The number of nitrogens with one attached hydrogen (secondary N) is 2. The summed E-state index contributed by atoms with van der Waals surface area (Å²) in [5, 5.41) is 7.11. The fraction of sp³-hybridized carbons (Fsp3) is 0.947. The molecule has 0 aromatic heterocycles. The van der Waals surface area contributed by atoms with Gasteiger partial charge in [-0.15, -0.1) is 0 Å². The highest BCUT2D eigenvalue weighted by Gasteiger charge is 2.19. The summed E-state index contributed by atoms with van der Waals surface area (Å²) in [6.45, 7) is 13.1. The van der Waals surface area contributed by atoms with Crippen molar-refractivity contribution in [3.63, 3.8) is 0 Å². The molecule has 2 rings (SSSR count). The molecule has 0 amide bonds. The van der Waals surface area contributed by atoms with Gasteiger partial charge in [-0.3, -0.25) is 4.99 Å². The molecule has 0 aliphatic carbocycles. The van der Waals surface area contributed by atoms with E-state index in [2.05, 4.69) is 44.3 Å². The second kappa shape index (κ2) is 11.7. The summed E-state index contributed by atoms with van der Waals surface area (Å²) in [6, 6.07) is 0.574. The number of aliphatic imine (C=N–C) groups is 1. The van der Waals surface area contributed by atoms with Crippen molar-refractivity contribution in [3.8, 4) is 0 Å². The second-order valence-electron chi connectivity index (χ2n) is 7.61. The van der Waals surface area contributed by atoms with Crippen LogP contribution < -0.4 is 10.6 Å². The molecule has 0 spiro atoms. The van der Waals surface area contributed by atoms with E-state index in [4.69, 9.17) is 0 Å². The zero-order chi connectivity index (χ0) is 17.9. The summed E-state index contributed by atoms with van der Waals surface area (Å²) in [5.41, 5.74) is 0. The van der Waals surface area contributed by atoms with Crippen LogP contribution in [0.1, 0.15) is 39.0 Å². The predicted octanol–water partition coefficient (Wildman–Crippen LogP) is 1.05. The van der Waals surface area contributed by atoms with Gasteiger partial charge in [0.1, 0.15) is 0 Å². The van der Waals surface area contributed by atoms with Crippen molar-refractivity contribution in [2.45, 2.75) is 45.1 Å². The molecule has 2 heterocycles. The Morgan fingerprint density at radius 2 is 1.64 bits per heavy atom. The van der Waals surface area contributed by atoms with E-state index in [-0.39, 0.29) is 0 Å². The van der Waals surface area contributed by atoms with Gasteiger partial charge in [-0.1, -0.05) is 6.92 Å². The molecule has 2 aliphatic heterocycles. The Morgan fingerprint density at radius 3 is 2.28 bits per heavy atom. The van der Waals surface area contributed by atoms with Crippen LogP contribution in [-0.4, -0.2) is 99.7 Å². The van der Waals surface area contributed by atoms with Gasteiger partial charge in [-0.05, 0) is 52.2 Å². The minimum atomic E-state index is 0.574. The summed E-state index contributed by atoms with van der Waals surface area (Å²) < 4.78 is 0. The standard InChI is InChI=1S/C19H40N6/c1-4-10-24-12-7-18(8-13-24)22-19(20-2)21-9-5-6-11-25-16-14-23(3)15-17-25/h18H,4-17H2,1-3H3,(H2,20,21,22). The van der Waals surface area contributed by atoms with E-state index in [1.165, 1.54) is 84.5 Å². The normalized spacial score (nSPS) is 22.3. The van der Waals surface area contributed by atoms with Crippen molar-refractivity contribution in [3.05, 3.63) is 0 Å². The highest BCUT2D eigenvalue weighted by molar-refractivity contribution is 5.79. The average molecular weight is 353 g/mol. The van der Waals surface area contributed by atoms with Gasteiger partial charge >= 0.3 is 0 Å². The summed E-state index contributed by atoms with van der Waals surface area (Å²) in [5.74, 6) is 0.980. The first-order valence-corrected chi connectivity index (χ1v) is 10.3. The lowest BCUT2D eigenvalue weighted by Gasteiger charge is -2.33. The first-order chi connectivity index (χ1) is 12.2. The molecule has 6 heteroatoms. The number of unbranched alkanes of at least 4 members (excludes halogenated alkanes) is 1. The lowest BCUT2D eigenvalue weighted by atomic mass is 10.1. The van der Waals surface area contributed by atoms with E-state index in [9.17, 15) is 0 Å². The number of likely N-dealkylation sites (tertiary alicyclic amines) is 1. The zero-order valence-electron chi connectivity index (χ0n) is 16.8. The van der Waals surface area contributed by atoms with Gasteiger partial charge in [0.25, 0.3) is 0 Å². The predicted molar refractivity (Wildman–Crippen MR) is 107 cm³/mol. The highest BCUT2D eigenvalue weighted by atomic mass is 15.2. The van der Waals surface area contributed by atoms with Gasteiger partial charge in [-0.25, -0.2) is 0 Å². The molecule has 146 valence electrons. The Bertz CT molecular complexity index is 370. The zero-order valence-corrected chi connectivity index (χ0v) is 16.8. The molecule has 0 saturated carbocycles. The fourth-order valence-electron chi connectivity index (χ4n) is 3.74. The van der Waals surface area contributed by atoms with Crippen molar-refractivity contribution < 1.29 is 0 Å². The van der Waals surface area contributed by atoms with Crippen LogP contribution in [0.5, 0.6) is 0 Å². The van der Waals surface area contributed by atoms with Gasteiger partial charge in [0.2, 0.25) is 0 Å². The number of hydrogen-bond donors (Lipinski definition) is 2. The van der Waals surface area contributed by atoms with Crippen molar-refractivity contribution in [1.82, 2.24) is 25.3 Å². The lowest BCUT2D eigenvalue weighted by molar-refractivity contribution is 0.152. The number of piperazine rings is 1. The Kier molecular flexibility index (Phi) is 9.58. The summed E-state index contributed by atoms with van der Waals surface area (Å²) in [7, 11) is 4.10. The van der Waals surface area contributed by atoms with Crippen LogP contribution in [0.4, 0.5) is 0 Å². The lowest BCUT2D eigenvalue weighted by Crippen LogP contribution is -2.49. The average Bonchev–Trinajstić information content (AvgIpc) is 2.63. The Morgan fingerprint density at radius 1 is 0.960 bits per heavy atom. The van der Waals surface area contributed by atoms with E-state index in [0.717, 1.165) is 12.5 Å². The molecular formula is C19H40N6. The minimum absolute atomic E-state index is 0.574. The summed E-state index contributed by atoms with van der Waals surface area (Å²) in [4.78, 5) is 12.0. The molecule has 0 atom stereocenters. The Balaban J connectivity index is 1.52. The molecule has 0 aromatic rings. The summed E-state index contributed by atoms with van der Waals surface area (Å²) in [6.07, 6.45) is 6.19. The molecule has 2 fully saturated rings. The largest absolute Gasteiger partial charge is 0.356 e. The molecule has 2 aliphatic rings. The van der Waals surface area contributed by atoms with E-state index in [0.29, 0.717) is 6.04 Å².